The van der Waals surface area contributed by atoms with Gasteiger partial charge in [-0.05, 0) is 67.2 Å². The number of nitrogens with zero attached hydrogens (tertiary/aromatic N) is 4. The van der Waals surface area contributed by atoms with E-state index in [9.17, 15) is 0 Å². The van der Waals surface area contributed by atoms with Crippen molar-refractivity contribution in [2.24, 2.45) is 0 Å². The number of rotatable bonds is 5. The topological polar surface area (TPSA) is 46.0 Å². The predicted octanol–water partition coefficient (Wildman–Crippen LogP) is 4.75. The average Bonchev–Trinajstić information content (AvgIpc) is 3.35. The van der Waals surface area contributed by atoms with E-state index in [0.717, 1.165) is 22.1 Å². The van der Waals surface area contributed by atoms with Crippen molar-refractivity contribution in [3.8, 4) is 5.69 Å². The molecule has 0 radical (unpaired) electrons. The lowest BCUT2D eigenvalue weighted by Crippen LogP contribution is -2.30. The molecule has 0 spiro atoms. The molecule has 1 fully saturated rings. The molecule has 6 heteroatoms. The summed E-state index contributed by atoms with van der Waals surface area (Å²) in [5, 5.41) is 4.26. The van der Waals surface area contributed by atoms with Crippen molar-refractivity contribution in [2.45, 2.75) is 25.6 Å². The normalized spacial score (nSPS) is 18.2. The van der Waals surface area contributed by atoms with Gasteiger partial charge in [0.25, 0.3) is 0 Å². The molecule has 0 bridgehead atoms. The van der Waals surface area contributed by atoms with Gasteiger partial charge >= 0.3 is 0 Å². The summed E-state index contributed by atoms with van der Waals surface area (Å²) in [7, 11) is 0. The number of pyridine rings is 2. The number of hydrogen-bond acceptors (Lipinski definition) is 3. The van der Waals surface area contributed by atoms with E-state index in [1.54, 1.807) is 6.20 Å². The van der Waals surface area contributed by atoms with E-state index in [2.05, 4.69) is 80.2 Å². The van der Waals surface area contributed by atoms with Gasteiger partial charge in [0.05, 0.1) is 17.8 Å². The zero-order valence-corrected chi connectivity index (χ0v) is 18.0. The molecule has 0 unspecified atom stereocenters. The minimum Gasteiger partial charge on any atom is -0.352 e. The van der Waals surface area contributed by atoms with Gasteiger partial charge in [-0.25, -0.2) is 0 Å². The number of aryl methyl sites for hydroxylation is 1. The molecule has 4 heterocycles. The van der Waals surface area contributed by atoms with Gasteiger partial charge in [0.1, 0.15) is 0 Å². The first-order valence-corrected chi connectivity index (χ1v) is 10.7. The molecule has 2 atom stereocenters. The molecule has 1 N–H and O–H groups in total. The van der Waals surface area contributed by atoms with Crippen LogP contribution in [0.15, 0.2) is 91.4 Å². The van der Waals surface area contributed by atoms with Crippen molar-refractivity contribution >= 4 is 17.3 Å². The maximum absolute atomic E-state index is 5.82. The molecule has 3 aromatic heterocycles. The van der Waals surface area contributed by atoms with Crippen LogP contribution in [0, 0.1) is 6.92 Å². The Morgan fingerprint density at radius 2 is 1.77 bits per heavy atom. The second-order valence-electron chi connectivity index (χ2n) is 7.69. The monoisotopic (exact) mass is 425 g/mol. The van der Waals surface area contributed by atoms with E-state index in [1.807, 2.05) is 36.7 Å². The van der Waals surface area contributed by atoms with E-state index in [4.69, 9.17) is 12.2 Å². The highest BCUT2D eigenvalue weighted by molar-refractivity contribution is 7.80. The standard InChI is InChI=1S/C25H23N5S/c1-18-12-13-22(30(18)20-9-3-2-4-10-20)24-23(21-11-5-6-15-27-21)28-25(31)29(24)17-19-8-7-14-26-16-19/h2-16,23-24H,17H2,1H3,(H,28,31)/t23-,24+/m1/s1. The quantitative estimate of drug-likeness (QED) is 0.468. The van der Waals surface area contributed by atoms with Crippen molar-refractivity contribution in [2.75, 3.05) is 0 Å². The van der Waals surface area contributed by atoms with Crippen molar-refractivity contribution in [3.05, 3.63) is 114 Å². The van der Waals surface area contributed by atoms with Gasteiger partial charge in [-0.2, -0.15) is 0 Å². The van der Waals surface area contributed by atoms with E-state index in [-0.39, 0.29) is 12.1 Å². The van der Waals surface area contributed by atoms with Gasteiger partial charge in [0.2, 0.25) is 0 Å². The SMILES string of the molecule is Cc1ccc([C@H]2[C@@H](c3ccccn3)NC(=S)N2Cc2cccnc2)n1-c1ccccc1. The van der Waals surface area contributed by atoms with Gasteiger partial charge in [-0.15, -0.1) is 0 Å². The van der Waals surface area contributed by atoms with Gasteiger partial charge in [0, 0.05) is 42.2 Å². The third-order valence-corrected chi connectivity index (χ3v) is 6.05. The fraction of sp³-hybridized carbons (Fsp3) is 0.160. The minimum absolute atomic E-state index is 0.0171. The Kier molecular flexibility index (Phi) is 5.22. The molecule has 0 amide bonds. The fourth-order valence-corrected chi connectivity index (χ4v) is 4.61. The zero-order valence-electron chi connectivity index (χ0n) is 17.2. The Hall–Kier alpha value is -3.51. The Balaban J connectivity index is 1.63. The first-order chi connectivity index (χ1) is 15.2. The second-order valence-corrected chi connectivity index (χ2v) is 8.07. The molecule has 5 nitrogen and oxygen atoms in total. The fourth-order valence-electron chi connectivity index (χ4n) is 4.31. The molecular formula is C25H23N5S. The third-order valence-electron chi connectivity index (χ3n) is 5.70. The first-order valence-electron chi connectivity index (χ1n) is 10.3. The van der Waals surface area contributed by atoms with Crippen LogP contribution in [0.2, 0.25) is 0 Å². The van der Waals surface area contributed by atoms with Crippen LogP contribution in [0.3, 0.4) is 0 Å². The van der Waals surface area contributed by atoms with E-state index in [1.165, 1.54) is 11.4 Å². The van der Waals surface area contributed by atoms with Crippen LogP contribution in [-0.2, 0) is 6.54 Å². The summed E-state index contributed by atoms with van der Waals surface area (Å²) in [5.74, 6) is 0. The summed E-state index contributed by atoms with van der Waals surface area (Å²) in [6.07, 6.45) is 5.53. The highest BCUT2D eigenvalue weighted by Crippen LogP contribution is 2.40. The number of aromatic nitrogens is 3. The van der Waals surface area contributed by atoms with Gasteiger partial charge in [0.15, 0.2) is 5.11 Å². The Morgan fingerprint density at radius 1 is 0.935 bits per heavy atom. The van der Waals surface area contributed by atoms with Gasteiger partial charge in [-0.3, -0.25) is 9.97 Å². The maximum Gasteiger partial charge on any atom is 0.170 e. The Bertz CT molecular complexity index is 1170. The lowest BCUT2D eigenvalue weighted by atomic mass is 10.0. The Labute approximate surface area is 187 Å². The average molecular weight is 426 g/mol. The number of thiocarbonyl (C=S) groups is 1. The summed E-state index contributed by atoms with van der Waals surface area (Å²) >= 11 is 5.82. The second kappa shape index (κ2) is 8.32. The number of hydrogen-bond donors (Lipinski definition) is 1. The number of benzene rings is 1. The molecule has 1 aromatic carbocycles. The Morgan fingerprint density at radius 3 is 2.52 bits per heavy atom. The van der Waals surface area contributed by atoms with Gasteiger partial charge < -0.3 is 14.8 Å². The summed E-state index contributed by atoms with van der Waals surface area (Å²) in [4.78, 5) is 11.2. The molecule has 31 heavy (non-hydrogen) atoms. The van der Waals surface area contributed by atoms with E-state index in [0.29, 0.717) is 6.54 Å². The van der Waals surface area contributed by atoms with Crippen molar-refractivity contribution in [3.63, 3.8) is 0 Å². The molecule has 0 aliphatic carbocycles. The molecule has 5 rings (SSSR count). The van der Waals surface area contributed by atoms with E-state index < -0.39 is 0 Å². The number of nitrogens with one attached hydrogen (secondary N) is 1. The van der Waals surface area contributed by atoms with Crippen LogP contribution >= 0.6 is 12.2 Å². The van der Waals surface area contributed by atoms with Crippen molar-refractivity contribution in [1.82, 2.24) is 24.8 Å². The summed E-state index contributed by atoms with van der Waals surface area (Å²) in [6.45, 7) is 2.81. The van der Waals surface area contributed by atoms with Crippen LogP contribution < -0.4 is 5.32 Å². The highest BCUT2D eigenvalue weighted by Gasteiger charge is 2.41. The lowest BCUT2D eigenvalue weighted by Gasteiger charge is -2.29. The van der Waals surface area contributed by atoms with Crippen LogP contribution in [0.1, 0.15) is 34.7 Å². The van der Waals surface area contributed by atoms with Gasteiger partial charge in [-0.1, -0.05) is 30.3 Å². The van der Waals surface area contributed by atoms with Crippen LogP contribution in [-0.4, -0.2) is 24.5 Å². The molecule has 1 saturated heterocycles. The summed E-state index contributed by atoms with van der Waals surface area (Å²) in [6, 6.07) is 24.8. The summed E-state index contributed by atoms with van der Waals surface area (Å²) in [5.41, 5.74) is 5.59. The van der Waals surface area contributed by atoms with Crippen LogP contribution in [0.4, 0.5) is 0 Å². The highest BCUT2D eigenvalue weighted by atomic mass is 32.1. The number of para-hydroxylation sites is 1. The molecular weight excluding hydrogens is 402 g/mol. The molecule has 0 saturated carbocycles. The molecule has 1 aliphatic heterocycles. The molecule has 4 aromatic rings. The largest absolute Gasteiger partial charge is 0.352 e. The third kappa shape index (κ3) is 3.70. The van der Waals surface area contributed by atoms with Crippen molar-refractivity contribution < 1.29 is 0 Å². The summed E-state index contributed by atoms with van der Waals surface area (Å²) < 4.78 is 2.31. The van der Waals surface area contributed by atoms with E-state index >= 15 is 0 Å². The maximum atomic E-state index is 5.82. The van der Waals surface area contributed by atoms with Crippen LogP contribution in [0.25, 0.3) is 5.69 Å². The zero-order chi connectivity index (χ0) is 21.2. The first kappa shape index (κ1) is 19.5. The predicted molar refractivity (Wildman–Crippen MR) is 126 cm³/mol. The molecule has 1 aliphatic rings. The lowest BCUT2D eigenvalue weighted by molar-refractivity contribution is 0.301. The molecule has 154 valence electrons. The minimum atomic E-state index is -0.0536. The van der Waals surface area contributed by atoms with Crippen LogP contribution in [0.5, 0.6) is 0 Å². The smallest absolute Gasteiger partial charge is 0.170 e. The van der Waals surface area contributed by atoms with Crippen molar-refractivity contribution in [1.29, 1.82) is 0 Å².